The van der Waals surface area contributed by atoms with Crippen LogP contribution in [0.1, 0.15) is 36.3 Å². The van der Waals surface area contributed by atoms with Crippen LogP contribution < -0.4 is 5.32 Å². The number of nitrogens with one attached hydrogen (secondary N) is 1. The van der Waals surface area contributed by atoms with Crippen LogP contribution in [0.25, 0.3) is 5.69 Å². The summed E-state index contributed by atoms with van der Waals surface area (Å²) >= 11 is 3.39. The molecule has 1 aromatic carbocycles. The van der Waals surface area contributed by atoms with Crippen molar-refractivity contribution in [3.05, 3.63) is 46.2 Å². The van der Waals surface area contributed by atoms with Crippen molar-refractivity contribution in [2.24, 2.45) is 0 Å². The van der Waals surface area contributed by atoms with Gasteiger partial charge in [0, 0.05) is 4.47 Å². The predicted molar refractivity (Wildman–Crippen MR) is 94.2 cm³/mol. The largest absolute Gasteiger partial charge is 0.467 e. The summed E-state index contributed by atoms with van der Waals surface area (Å²) in [5.74, 6) is -0.832. The van der Waals surface area contributed by atoms with Crippen molar-refractivity contribution in [3.8, 4) is 5.69 Å². The fourth-order valence-electron chi connectivity index (χ4n) is 2.30. The van der Waals surface area contributed by atoms with Crippen molar-refractivity contribution in [1.29, 1.82) is 0 Å². The first-order valence-electron chi connectivity index (χ1n) is 7.54. The predicted octanol–water partition coefficient (Wildman–Crippen LogP) is 3.01. The smallest absolute Gasteiger partial charge is 0.331 e. The molecule has 0 aliphatic rings. The van der Waals surface area contributed by atoms with Crippen LogP contribution in [0.15, 0.2) is 34.9 Å². The van der Waals surface area contributed by atoms with Crippen LogP contribution in [0.5, 0.6) is 0 Å². The van der Waals surface area contributed by atoms with Gasteiger partial charge >= 0.3 is 5.97 Å². The van der Waals surface area contributed by atoms with Gasteiger partial charge in [-0.25, -0.2) is 9.48 Å². The zero-order valence-corrected chi connectivity index (χ0v) is 15.7. The van der Waals surface area contributed by atoms with E-state index in [1.165, 1.54) is 13.3 Å². The highest BCUT2D eigenvalue weighted by Gasteiger charge is 2.35. The van der Waals surface area contributed by atoms with E-state index in [0.29, 0.717) is 17.7 Å². The van der Waals surface area contributed by atoms with E-state index < -0.39 is 11.5 Å². The second-order valence-corrected chi connectivity index (χ2v) is 6.58. The monoisotopic (exact) mass is 393 g/mol. The molecular formula is C17H20BrN3O3. The molecule has 2 rings (SSSR count). The molecule has 24 heavy (non-hydrogen) atoms. The molecule has 0 bridgehead atoms. The number of hydrogen-bond acceptors (Lipinski definition) is 4. The molecule has 0 fully saturated rings. The van der Waals surface area contributed by atoms with Gasteiger partial charge in [-0.1, -0.05) is 22.9 Å². The molecule has 7 heteroatoms. The van der Waals surface area contributed by atoms with Crippen molar-refractivity contribution in [3.63, 3.8) is 0 Å². The lowest BCUT2D eigenvalue weighted by Gasteiger charge is -2.26. The summed E-state index contributed by atoms with van der Waals surface area (Å²) in [7, 11) is 1.30. The third-order valence-corrected chi connectivity index (χ3v) is 4.59. The van der Waals surface area contributed by atoms with Gasteiger partial charge in [-0.15, -0.1) is 0 Å². The zero-order valence-electron chi connectivity index (χ0n) is 14.1. The maximum absolute atomic E-state index is 12.6. The number of esters is 1. The highest BCUT2D eigenvalue weighted by atomic mass is 79.9. The van der Waals surface area contributed by atoms with Gasteiger partial charge in [0.15, 0.2) is 0 Å². The Morgan fingerprint density at radius 3 is 2.50 bits per heavy atom. The quantitative estimate of drug-likeness (QED) is 0.792. The maximum atomic E-state index is 12.6. The van der Waals surface area contributed by atoms with Crippen molar-refractivity contribution >= 4 is 27.8 Å². The van der Waals surface area contributed by atoms with Gasteiger partial charge in [-0.3, -0.25) is 4.79 Å². The maximum Gasteiger partial charge on any atom is 0.331 e. The van der Waals surface area contributed by atoms with Crippen LogP contribution in [0.4, 0.5) is 0 Å². The topological polar surface area (TPSA) is 73.2 Å². The second-order valence-electron chi connectivity index (χ2n) is 5.66. The number of amides is 1. The summed E-state index contributed by atoms with van der Waals surface area (Å²) in [4.78, 5) is 24.5. The molecular weight excluding hydrogens is 374 g/mol. The van der Waals surface area contributed by atoms with Crippen LogP contribution in [0.2, 0.25) is 0 Å². The van der Waals surface area contributed by atoms with Gasteiger partial charge in [0.2, 0.25) is 0 Å². The Morgan fingerprint density at radius 2 is 1.96 bits per heavy atom. The number of methoxy groups -OCH3 is 1. The normalized spacial score (nSPS) is 13.2. The average molecular weight is 394 g/mol. The number of carbonyl (C=O) groups excluding carboxylic acids is 2. The van der Waals surface area contributed by atoms with Crippen LogP contribution in [0.3, 0.4) is 0 Å². The summed E-state index contributed by atoms with van der Waals surface area (Å²) in [5.41, 5.74) is 0.887. The minimum absolute atomic E-state index is 0.356. The first-order valence-corrected chi connectivity index (χ1v) is 8.33. The molecule has 0 radical (unpaired) electrons. The summed E-state index contributed by atoms with van der Waals surface area (Å²) in [5, 5.41) is 7.03. The number of aromatic nitrogens is 2. The lowest BCUT2D eigenvalue weighted by atomic mass is 9.98. The molecule has 1 heterocycles. The van der Waals surface area contributed by atoms with E-state index in [1.807, 2.05) is 38.1 Å². The summed E-state index contributed by atoms with van der Waals surface area (Å²) in [6.45, 7) is 5.27. The second kappa shape index (κ2) is 7.17. The van der Waals surface area contributed by atoms with E-state index in [9.17, 15) is 9.59 Å². The molecule has 6 nitrogen and oxygen atoms in total. The third-order valence-electron chi connectivity index (χ3n) is 4.06. The van der Waals surface area contributed by atoms with E-state index in [-0.39, 0.29) is 5.91 Å². The van der Waals surface area contributed by atoms with Crippen molar-refractivity contribution in [2.75, 3.05) is 7.11 Å². The molecule has 1 amide bonds. The van der Waals surface area contributed by atoms with Crippen LogP contribution in [-0.2, 0) is 9.53 Å². The molecule has 0 aliphatic carbocycles. The van der Waals surface area contributed by atoms with Gasteiger partial charge in [0.25, 0.3) is 5.91 Å². The van der Waals surface area contributed by atoms with Gasteiger partial charge in [-0.2, -0.15) is 5.10 Å². The molecule has 2 aromatic rings. The van der Waals surface area contributed by atoms with Crippen molar-refractivity contribution in [1.82, 2.24) is 15.1 Å². The fraction of sp³-hybridized carbons (Fsp3) is 0.353. The Kier molecular flexibility index (Phi) is 5.43. The average Bonchev–Trinajstić information content (AvgIpc) is 2.96. The molecule has 0 saturated heterocycles. The van der Waals surface area contributed by atoms with Crippen LogP contribution >= 0.6 is 15.9 Å². The standard InChI is InChI=1S/C17H20BrN3O3/c1-5-17(3,16(23)24-4)20-15(22)14-10-19-21(11(14)2)13-8-6-12(18)7-9-13/h6-10H,5H2,1-4H3,(H,20,22). The number of benzene rings is 1. The minimum Gasteiger partial charge on any atom is -0.467 e. The van der Waals surface area contributed by atoms with Gasteiger partial charge in [0.1, 0.15) is 5.54 Å². The highest BCUT2D eigenvalue weighted by Crippen LogP contribution is 2.19. The molecule has 1 N–H and O–H groups in total. The van der Waals surface area contributed by atoms with E-state index in [1.54, 1.807) is 11.6 Å². The number of halogens is 1. The molecule has 0 saturated carbocycles. The number of hydrogen-bond donors (Lipinski definition) is 1. The van der Waals surface area contributed by atoms with E-state index >= 15 is 0 Å². The SMILES string of the molecule is CCC(C)(NC(=O)c1cnn(-c2ccc(Br)cc2)c1C)C(=O)OC. The summed E-state index contributed by atoms with van der Waals surface area (Å²) < 4.78 is 7.43. The van der Waals surface area contributed by atoms with Gasteiger partial charge in [-0.05, 0) is 44.5 Å². The summed E-state index contributed by atoms with van der Waals surface area (Å²) in [6.07, 6.45) is 1.92. The first-order chi connectivity index (χ1) is 11.3. The number of nitrogens with zero attached hydrogens (tertiary/aromatic N) is 2. The Hall–Kier alpha value is -2.15. The molecule has 0 aliphatic heterocycles. The van der Waals surface area contributed by atoms with Crippen LogP contribution in [0, 0.1) is 6.92 Å². The lowest BCUT2D eigenvalue weighted by Crippen LogP contribution is -2.52. The van der Waals surface area contributed by atoms with E-state index in [4.69, 9.17) is 4.74 Å². The van der Waals surface area contributed by atoms with E-state index in [0.717, 1.165) is 10.2 Å². The molecule has 0 spiro atoms. The zero-order chi connectivity index (χ0) is 17.9. The fourth-order valence-corrected chi connectivity index (χ4v) is 2.57. The molecule has 1 unspecified atom stereocenters. The van der Waals surface area contributed by atoms with Gasteiger partial charge in [0.05, 0.1) is 30.3 Å². The Labute approximate surface area is 149 Å². The number of ether oxygens (including phenoxy) is 1. The lowest BCUT2D eigenvalue weighted by molar-refractivity contribution is -0.147. The van der Waals surface area contributed by atoms with E-state index in [2.05, 4.69) is 26.3 Å². The van der Waals surface area contributed by atoms with Crippen LogP contribution in [-0.4, -0.2) is 34.3 Å². The van der Waals surface area contributed by atoms with Crippen molar-refractivity contribution in [2.45, 2.75) is 32.7 Å². The highest BCUT2D eigenvalue weighted by molar-refractivity contribution is 9.10. The molecule has 1 atom stereocenters. The minimum atomic E-state index is -1.07. The Balaban J connectivity index is 2.28. The Morgan fingerprint density at radius 1 is 1.33 bits per heavy atom. The summed E-state index contributed by atoms with van der Waals surface area (Å²) in [6, 6.07) is 7.61. The third kappa shape index (κ3) is 3.51. The molecule has 128 valence electrons. The molecule has 1 aromatic heterocycles. The Bertz CT molecular complexity index is 755. The van der Waals surface area contributed by atoms with Gasteiger partial charge < -0.3 is 10.1 Å². The first kappa shape index (κ1) is 18.2. The number of rotatable bonds is 5. The number of carbonyl (C=O) groups is 2. The van der Waals surface area contributed by atoms with Crippen molar-refractivity contribution < 1.29 is 14.3 Å².